The van der Waals surface area contributed by atoms with E-state index in [1.54, 1.807) is 12.1 Å². The molecule has 0 radical (unpaired) electrons. The summed E-state index contributed by atoms with van der Waals surface area (Å²) in [5.74, 6) is -0.913. The van der Waals surface area contributed by atoms with Crippen LogP contribution in [0.4, 0.5) is 4.39 Å². The fourth-order valence-electron chi connectivity index (χ4n) is 3.93. The van der Waals surface area contributed by atoms with Gasteiger partial charge < -0.3 is 14.7 Å². The molecule has 3 rings (SSSR count). The third-order valence-corrected chi connectivity index (χ3v) is 5.30. The van der Waals surface area contributed by atoms with Crippen LogP contribution >= 0.6 is 0 Å². The maximum Gasteiger partial charge on any atom is 0.290 e. The number of rotatable bonds is 9. The highest BCUT2D eigenvalue weighted by Crippen LogP contribution is 2.39. The molecule has 0 spiro atoms. The van der Waals surface area contributed by atoms with Crippen LogP contribution in [0.3, 0.4) is 0 Å². The van der Waals surface area contributed by atoms with Gasteiger partial charge in [0.25, 0.3) is 5.91 Å². The van der Waals surface area contributed by atoms with Gasteiger partial charge in [0.2, 0.25) is 0 Å². The number of halogens is 1. The Hall–Kier alpha value is -3.15. The highest BCUT2D eigenvalue weighted by molar-refractivity contribution is 6.09. The van der Waals surface area contributed by atoms with Crippen molar-refractivity contribution in [2.24, 2.45) is 5.92 Å². The van der Waals surface area contributed by atoms with Crippen molar-refractivity contribution in [3.8, 4) is 5.75 Å². The average Bonchev–Trinajstić information content (AvgIpc) is 2.97. The molecule has 1 aliphatic heterocycles. The quantitative estimate of drug-likeness (QED) is 0.586. The molecular formula is C26H30FNO4. The van der Waals surface area contributed by atoms with E-state index in [0.29, 0.717) is 17.7 Å². The summed E-state index contributed by atoms with van der Waals surface area (Å²) in [5, 5.41) is 10.7. The monoisotopic (exact) mass is 439 g/mol. The van der Waals surface area contributed by atoms with Gasteiger partial charge in [-0.15, -0.1) is 0 Å². The van der Waals surface area contributed by atoms with E-state index in [2.05, 4.69) is 0 Å². The molecule has 6 heteroatoms. The number of carbonyl (C=O) groups excluding carboxylic acids is 2. The molecule has 5 nitrogen and oxygen atoms in total. The average molecular weight is 440 g/mol. The summed E-state index contributed by atoms with van der Waals surface area (Å²) in [4.78, 5) is 27.6. The topological polar surface area (TPSA) is 66.8 Å². The van der Waals surface area contributed by atoms with Crippen LogP contribution in [-0.4, -0.2) is 34.3 Å². The van der Waals surface area contributed by atoms with E-state index in [1.807, 2.05) is 52.0 Å². The van der Waals surface area contributed by atoms with Crippen LogP contribution < -0.4 is 4.74 Å². The predicted molar refractivity (Wildman–Crippen MR) is 121 cm³/mol. The number of amides is 1. The van der Waals surface area contributed by atoms with E-state index in [-0.39, 0.29) is 42.2 Å². The smallest absolute Gasteiger partial charge is 0.290 e. The first-order chi connectivity index (χ1) is 15.2. The molecule has 32 heavy (non-hydrogen) atoms. The summed E-state index contributed by atoms with van der Waals surface area (Å²) in [5.41, 5.74) is 1.69. The third kappa shape index (κ3) is 5.36. The highest BCUT2D eigenvalue weighted by Gasteiger charge is 2.43. The molecule has 1 aliphatic rings. The van der Waals surface area contributed by atoms with Gasteiger partial charge in [-0.25, -0.2) is 4.39 Å². The van der Waals surface area contributed by atoms with Crippen LogP contribution in [0.5, 0.6) is 5.75 Å². The van der Waals surface area contributed by atoms with Crippen LogP contribution in [0.2, 0.25) is 0 Å². The summed E-state index contributed by atoms with van der Waals surface area (Å²) < 4.78 is 19.0. The first kappa shape index (κ1) is 23.5. The van der Waals surface area contributed by atoms with E-state index in [1.165, 1.54) is 17.0 Å². The van der Waals surface area contributed by atoms with Gasteiger partial charge in [-0.05, 0) is 61.6 Å². The Morgan fingerprint density at radius 2 is 1.81 bits per heavy atom. The fourth-order valence-corrected chi connectivity index (χ4v) is 3.93. The van der Waals surface area contributed by atoms with Crippen LogP contribution in [0, 0.1) is 11.7 Å². The minimum absolute atomic E-state index is 0.0315. The molecule has 2 aromatic rings. The number of carbonyl (C=O) groups is 2. The molecule has 0 aromatic heterocycles. The lowest BCUT2D eigenvalue weighted by atomic mass is 9.92. The predicted octanol–water partition coefficient (Wildman–Crippen LogP) is 5.17. The third-order valence-electron chi connectivity index (χ3n) is 5.30. The number of Topliss-reactive ketones (excluding diaryl/α,β-unsaturated/α-hetero) is 1. The number of benzene rings is 2. The van der Waals surface area contributed by atoms with Crippen LogP contribution in [0.25, 0.3) is 0 Å². The zero-order valence-electron chi connectivity index (χ0n) is 19.0. The zero-order valence-corrected chi connectivity index (χ0v) is 19.0. The van der Waals surface area contributed by atoms with Crippen molar-refractivity contribution in [2.45, 2.75) is 52.7 Å². The van der Waals surface area contributed by atoms with Crippen LogP contribution in [-0.2, 0) is 16.0 Å². The second-order valence-electron chi connectivity index (χ2n) is 8.80. The van der Waals surface area contributed by atoms with Crippen molar-refractivity contribution in [2.75, 3.05) is 6.54 Å². The van der Waals surface area contributed by atoms with Gasteiger partial charge in [0.05, 0.1) is 17.7 Å². The molecule has 2 aromatic carbocycles. The summed E-state index contributed by atoms with van der Waals surface area (Å²) in [6, 6.07) is 12.7. The Labute approximate surface area is 188 Å². The number of hydrogen-bond acceptors (Lipinski definition) is 4. The van der Waals surface area contributed by atoms with Crippen molar-refractivity contribution < 1.29 is 23.8 Å². The Morgan fingerprint density at radius 1 is 1.12 bits per heavy atom. The Balaban J connectivity index is 1.97. The lowest BCUT2D eigenvalue weighted by Crippen LogP contribution is -2.33. The number of nitrogens with zero attached hydrogens (tertiary/aromatic N) is 1. The standard InChI is InChI=1S/C26H30FNO4/c1-16(2)14-22(29)23-24(19-6-5-7-21(15-19)32-17(3)4)28(26(31)25(23)30)13-12-18-8-10-20(27)11-9-18/h5-11,15-17,24,30H,12-14H2,1-4H3. The lowest BCUT2D eigenvalue weighted by molar-refractivity contribution is -0.129. The Morgan fingerprint density at radius 3 is 2.44 bits per heavy atom. The molecule has 0 bridgehead atoms. The van der Waals surface area contributed by atoms with Gasteiger partial charge in [0, 0.05) is 13.0 Å². The van der Waals surface area contributed by atoms with Crippen LogP contribution in [0.1, 0.15) is 51.3 Å². The van der Waals surface area contributed by atoms with Crippen molar-refractivity contribution >= 4 is 11.7 Å². The first-order valence-corrected chi connectivity index (χ1v) is 11.0. The van der Waals surface area contributed by atoms with Gasteiger partial charge in [-0.3, -0.25) is 9.59 Å². The van der Waals surface area contributed by atoms with E-state index < -0.39 is 17.7 Å². The van der Waals surface area contributed by atoms with Crippen LogP contribution in [0.15, 0.2) is 59.9 Å². The number of ether oxygens (including phenoxy) is 1. The van der Waals surface area contributed by atoms with Gasteiger partial charge in [0.15, 0.2) is 11.5 Å². The minimum Gasteiger partial charge on any atom is -0.503 e. The van der Waals surface area contributed by atoms with Crippen molar-refractivity contribution in [3.05, 3.63) is 76.8 Å². The maximum absolute atomic E-state index is 13.2. The second-order valence-corrected chi connectivity index (χ2v) is 8.80. The molecule has 0 fully saturated rings. The van der Waals surface area contributed by atoms with Gasteiger partial charge in [-0.1, -0.05) is 38.1 Å². The minimum atomic E-state index is -0.704. The fraction of sp³-hybridized carbons (Fsp3) is 0.385. The van der Waals surface area contributed by atoms with Crippen molar-refractivity contribution in [1.29, 1.82) is 0 Å². The molecule has 1 atom stereocenters. The number of ketones is 1. The molecule has 1 heterocycles. The molecule has 170 valence electrons. The molecule has 1 amide bonds. The SMILES string of the molecule is CC(C)CC(=O)C1=C(O)C(=O)N(CCc2ccc(F)cc2)C1c1cccc(OC(C)C)c1. The maximum atomic E-state index is 13.2. The molecule has 1 N–H and O–H groups in total. The Bertz CT molecular complexity index is 1010. The molecular weight excluding hydrogens is 409 g/mol. The van der Waals surface area contributed by atoms with Crippen molar-refractivity contribution in [1.82, 2.24) is 4.90 Å². The molecule has 0 saturated carbocycles. The second kappa shape index (κ2) is 9.98. The highest BCUT2D eigenvalue weighted by atomic mass is 19.1. The Kier molecular flexibility index (Phi) is 7.33. The zero-order chi connectivity index (χ0) is 23.4. The first-order valence-electron chi connectivity index (χ1n) is 11.0. The normalized spacial score (nSPS) is 16.4. The van der Waals surface area contributed by atoms with E-state index in [0.717, 1.165) is 5.56 Å². The summed E-state index contributed by atoms with van der Waals surface area (Å²) in [6.07, 6.45) is 0.664. The molecule has 0 aliphatic carbocycles. The summed E-state index contributed by atoms with van der Waals surface area (Å²) in [6.45, 7) is 7.95. The van der Waals surface area contributed by atoms with Gasteiger partial charge >= 0.3 is 0 Å². The van der Waals surface area contributed by atoms with Crippen molar-refractivity contribution in [3.63, 3.8) is 0 Å². The molecule has 1 unspecified atom stereocenters. The number of hydrogen-bond donors (Lipinski definition) is 1. The summed E-state index contributed by atoms with van der Waals surface area (Å²) in [7, 11) is 0. The lowest BCUT2D eigenvalue weighted by Gasteiger charge is -2.27. The van der Waals surface area contributed by atoms with Gasteiger partial charge in [-0.2, -0.15) is 0 Å². The van der Waals surface area contributed by atoms with E-state index in [9.17, 15) is 19.1 Å². The van der Waals surface area contributed by atoms with Gasteiger partial charge in [0.1, 0.15) is 11.6 Å². The number of aliphatic hydroxyl groups excluding tert-OH is 1. The van der Waals surface area contributed by atoms with E-state index in [4.69, 9.17) is 4.74 Å². The molecule has 0 saturated heterocycles. The van der Waals surface area contributed by atoms with E-state index >= 15 is 0 Å². The number of aliphatic hydroxyl groups is 1. The summed E-state index contributed by atoms with van der Waals surface area (Å²) >= 11 is 0. The largest absolute Gasteiger partial charge is 0.503 e.